The van der Waals surface area contributed by atoms with Crippen molar-refractivity contribution in [1.29, 1.82) is 0 Å². The minimum atomic E-state index is 0.333. The van der Waals surface area contributed by atoms with E-state index in [1.165, 1.54) is 38.6 Å². The largest absolute Gasteiger partial charge is 0.381 e. The van der Waals surface area contributed by atoms with E-state index in [4.69, 9.17) is 4.74 Å². The Morgan fingerprint density at radius 3 is 2.75 bits per heavy atom. The molecule has 2 rings (SSSR count). The van der Waals surface area contributed by atoms with Gasteiger partial charge in [0.25, 0.3) is 0 Å². The minimum Gasteiger partial charge on any atom is -0.381 e. The van der Waals surface area contributed by atoms with E-state index >= 15 is 0 Å². The molecule has 0 bridgehead atoms. The first-order chi connectivity index (χ1) is 9.51. The molecule has 1 N–H and O–H groups in total. The van der Waals surface area contributed by atoms with Gasteiger partial charge in [-0.2, -0.15) is 0 Å². The number of nitrogens with one attached hydrogen (secondary N) is 1. The topological polar surface area (TPSA) is 24.5 Å². The van der Waals surface area contributed by atoms with Gasteiger partial charge in [0.05, 0.1) is 6.61 Å². The number of hydrogen-bond acceptors (Lipinski definition) is 3. The van der Waals surface area contributed by atoms with Crippen molar-refractivity contribution in [3.8, 4) is 0 Å². The third-order valence-electron chi connectivity index (χ3n) is 5.19. The van der Waals surface area contributed by atoms with Crippen LogP contribution in [0.2, 0.25) is 0 Å². The SMILES string of the molecule is CC1CCCC(N(C)CC2(CNC(C)C)CCOC2)C1. The van der Waals surface area contributed by atoms with Crippen molar-refractivity contribution < 1.29 is 4.74 Å². The highest BCUT2D eigenvalue weighted by Crippen LogP contribution is 2.33. The van der Waals surface area contributed by atoms with Crippen molar-refractivity contribution in [2.24, 2.45) is 11.3 Å². The monoisotopic (exact) mass is 282 g/mol. The number of nitrogens with zero attached hydrogens (tertiary/aromatic N) is 1. The van der Waals surface area contributed by atoms with Crippen molar-refractivity contribution >= 4 is 0 Å². The Morgan fingerprint density at radius 2 is 2.15 bits per heavy atom. The molecule has 0 spiro atoms. The van der Waals surface area contributed by atoms with E-state index in [0.717, 1.165) is 31.7 Å². The van der Waals surface area contributed by atoms with E-state index in [1.807, 2.05) is 0 Å². The molecule has 1 aliphatic heterocycles. The normalized spacial score (nSPS) is 35.1. The van der Waals surface area contributed by atoms with Gasteiger partial charge < -0.3 is 15.0 Å². The van der Waals surface area contributed by atoms with Gasteiger partial charge in [-0.05, 0) is 32.2 Å². The maximum Gasteiger partial charge on any atom is 0.0547 e. The maximum absolute atomic E-state index is 5.74. The molecule has 0 aromatic rings. The highest BCUT2D eigenvalue weighted by molar-refractivity contribution is 4.90. The fourth-order valence-corrected chi connectivity index (χ4v) is 3.85. The first kappa shape index (κ1) is 16.3. The number of hydrogen-bond donors (Lipinski definition) is 1. The number of rotatable bonds is 6. The van der Waals surface area contributed by atoms with Gasteiger partial charge in [0, 0.05) is 37.2 Å². The predicted molar refractivity (Wildman–Crippen MR) is 85.1 cm³/mol. The maximum atomic E-state index is 5.74. The highest BCUT2D eigenvalue weighted by Gasteiger charge is 2.37. The molecule has 3 atom stereocenters. The van der Waals surface area contributed by atoms with Crippen molar-refractivity contribution in [2.45, 2.75) is 65.0 Å². The van der Waals surface area contributed by atoms with E-state index in [0.29, 0.717) is 11.5 Å². The van der Waals surface area contributed by atoms with Crippen LogP contribution in [0.15, 0.2) is 0 Å². The average Bonchev–Trinajstić information content (AvgIpc) is 2.85. The van der Waals surface area contributed by atoms with Crippen LogP contribution >= 0.6 is 0 Å². The van der Waals surface area contributed by atoms with Gasteiger partial charge >= 0.3 is 0 Å². The molecule has 2 aliphatic rings. The van der Waals surface area contributed by atoms with E-state index in [-0.39, 0.29) is 0 Å². The van der Waals surface area contributed by atoms with Gasteiger partial charge in [0.2, 0.25) is 0 Å². The van der Waals surface area contributed by atoms with E-state index in [2.05, 4.69) is 38.0 Å². The summed E-state index contributed by atoms with van der Waals surface area (Å²) in [5, 5.41) is 3.64. The molecule has 1 saturated carbocycles. The van der Waals surface area contributed by atoms with Crippen LogP contribution in [0.1, 0.15) is 52.9 Å². The van der Waals surface area contributed by atoms with Crippen LogP contribution in [0.4, 0.5) is 0 Å². The molecular weight excluding hydrogens is 248 g/mol. The molecule has 1 aliphatic carbocycles. The Hall–Kier alpha value is -0.120. The Labute approximate surface area is 125 Å². The molecule has 3 nitrogen and oxygen atoms in total. The van der Waals surface area contributed by atoms with Crippen molar-refractivity contribution in [3.05, 3.63) is 0 Å². The first-order valence-electron chi connectivity index (χ1n) is 8.52. The van der Waals surface area contributed by atoms with Crippen LogP contribution in [-0.2, 0) is 4.74 Å². The van der Waals surface area contributed by atoms with Crippen molar-refractivity contribution in [2.75, 3.05) is 33.4 Å². The molecule has 2 fully saturated rings. The quantitative estimate of drug-likeness (QED) is 0.811. The second-order valence-corrected chi connectivity index (χ2v) is 7.68. The summed E-state index contributed by atoms with van der Waals surface area (Å²) in [5.74, 6) is 0.903. The lowest BCUT2D eigenvalue weighted by Crippen LogP contribution is -2.48. The van der Waals surface area contributed by atoms with Crippen molar-refractivity contribution in [1.82, 2.24) is 10.2 Å². The average molecular weight is 282 g/mol. The Kier molecular flexibility index (Phi) is 5.88. The minimum absolute atomic E-state index is 0.333. The van der Waals surface area contributed by atoms with Gasteiger partial charge in [-0.1, -0.05) is 33.6 Å². The standard InChI is InChI=1S/C17H34N2O/c1-14(2)18-11-17(8-9-20-13-17)12-19(4)16-7-5-6-15(3)10-16/h14-16,18H,5-13H2,1-4H3. The zero-order chi connectivity index (χ0) is 14.6. The first-order valence-corrected chi connectivity index (χ1v) is 8.52. The summed E-state index contributed by atoms with van der Waals surface area (Å²) in [4.78, 5) is 2.63. The van der Waals surface area contributed by atoms with Gasteiger partial charge in [0.1, 0.15) is 0 Å². The molecule has 0 amide bonds. The Morgan fingerprint density at radius 1 is 1.35 bits per heavy atom. The third kappa shape index (κ3) is 4.44. The lowest BCUT2D eigenvalue weighted by atomic mass is 9.83. The lowest BCUT2D eigenvalue weighted by Gasteiger charge is -2.40. The van der Waals surface area contributed by atoms with Gasteiger partial charge in [-0.15, -0.1) is 0 Å². The summed E-state index contributed by atoms with van der Waals surface area (Å²) in [7, 11) is 2.33. The third-order valence-corrected chi connectivity index (χ3v) is 5.19. The zero-order valence-electron chi connectivity index (χ0n) is 14.0. The predicted octanol–water partition coefficient (Wildman–Crippen LogP) is 2.90. The summed E-state index contributed by atoms with van der Waals surface area (Å²) in [6.07, 6.45) is 6.80. The van der Waals surface area contributed by atoms with Gasteiger partial charge in [-0.25, -0.2) is 0 Å². The smallest absolute Gasteiger partial charge is 0.0547 e. The molecular formula is C17H34N2O. The molecule has 1 saturated heterocycles. The highest BCUT2D eigenvalue weighted by atomic mass is 16.5. The molecule has 0 aromatic carbocycles. The lowest BCUT2D eigenvalue weighted by molar-refractivity contribution is 0.0802. The van der Waals surface area contributed by atoms with E-state index in [1.54, 1.807) is 0 Å². The molecule has 3 heteroatoms. The van der Waals surface area contributed by atoms with E-state index in [9.17, 15) is 0 Å². The molecule has 20 heavy (non-hydrogen) atoms. The molecule has 1 heterocycles. The number of ether oxygens (including phenoxy) is 1. The van der Waals surface area contributed by atoms with Crippen molar-refractivity contribution in [3.63, 3.8) is 0 Å². The van der Waals surface area contributed by atoms with Crippen LogP contribution in [0, 0.1) is 11.3 Å². The molecule has 3 unspecified atom stereocenters. The van der Waals surface area contributed by atoms with Crippen LogP contribution in [0.5, 0.6) is 0 Å². The molecule has 0 aromatic heterocycles. The summed E-state index contributed by atoms with van der Waals surface area (Å²) >= 11 is 0. The fourth-order valence-electron chi connectivity index (χ4n) is 3.85. The molecule has 0 radical (unpaired) electrons. The second-order valence-electron chi connectivity index (χ2n) is 7.68. The zero-order valence-corrected chi connectivity index (χ0v) is 14.0. The van der Waals surface area contributed by atoms with Gasteiger partial charge in [0.15, 0.2) is 0 Å². The second kappa shape index (κ2) is 7.24. The van der Waals surface area contributed by atoms with Crippen LogP contribution < -0.4 is 5.32 Å². The van der Waals surface area contributed by atoms with Crippen LogP contribution in [0.25, 0.3) is 0 Å². The Balaban J connectivity index is 1.89. The van der Waals surface area contributed by atoms with E-state index < -0.39 is 0 Å². The summed E-state index contributed by atoms with van der Waals surface area (Å²) in [5.41, 5.74) is 0.333. The Bertz CT molecular complexity index is 287. The van der Waals surface area contributed by atoms with Gasteiger partial charge in [-0.3, -0.25) is 0 Å². The summed E-state index contributed by atoms with van der Waals surface area (Å²) < 4.78 is 5.74. The summed E-state index contributed by atoms with van der Waals surface area (Å²) in [6, 6.07) is 1.35. The van der Waals surface area contributed by atoms with Crippen LogP contribution in [0.3, 0.4) is 0 Å². The molecule has 118 valence electrons. The summed E-state index contributed by atoms with van der Waals surface area (Å²) in [6.45, 7) is 11.0. The fraction of sp³-hybridized carbons (Fsp3) is 1.00. The van der Waals surface area contributed by atoms with Crippen LogP contribution in [-0.4, -0.2) is 50.3 Å².